The summed E-state index contributed by atoms with van der Waals surface area (Å²) in [5.74, 6) is 0.792. The van der Waals surface area contributed by atoms with Crippen molar-refractivity contribution in [2.24, 2.45) is 0 Å². The van der Waals surface area contributed by atoms with E-state index in [0.29, 0.717) is 6.61 Å². The van der Waals surface area contributed by atoms with Gasteiger partial charge in [0.05, 0.1) is 0 Å². The second-order valence-corrected chi connectivity index (χ2v) is 3.65. The molecule has 0 unspecified atom stereocenters. The molecule has 0 amide bonds. The van der Waals surface area contributed by atoms with Crippen LogP contribution in [0.1, 0.15) is 0 Å². The summed E-state index contributed by atoms with van der Waals surface area (Å²) in [7, 11) is 0. The fourth-order valence-electron chi connectivity index (χ4n) is 1.55. The number of rotatable bonds is 3. The average molecular weight is 234 g/mol. The number of halogens is 1. The molecule has 0 heterocycles. The van der Waals surface area contributed by atoms with E-state index < -0.39 is 0 Å². The first-order chi connectivity index (χ1) is 7.81. The van der Waals surface area contributed by atoms with Gasteiger partial charge >= 0.3 is 0 Å². The topological polar surface area (TPSA) is 35.2 Å². The van der Waals surface area contributed by atoms with Crippen molar-refractivity contribution in [2.45, 2.75) is 0 Å². The molecule has 2 rings (SSSR count). The zero-order chi connectivity index (χ0) is 11.4. The number of benzene rings is 2. The van der Waals surface area contributed by atoms with Gasteiger partial charge in [-0.25, -0.2) is 0 Å². The Morgan fingerprint density at radius 1 is 1.25 bits per heavy atom. The molecule has 82 valence electrons. The summed E-state index contributed by atoms with van der Waals surface area (Å²) in [5.41, 5.74) is 8.09. The van der Waals surface area contributed by atoms with Crippen molar-refractivity contribution in [3.63, 3.8) is 0 Å². The maximum atomic E-state index is 5.89. The van der Waals surface area contributed by atoms with Crippen LogP contribution >= 0.6 is 11.6 Å². The summed E-state index contributed by atoms with van der Waals surface area (Å²) in [4.78, 5) is 0. The van der Waals surface area contributed by atoms with Gasteiger partial charge in [-0.3, -0.25) is 0 Å². The monoisotopic (exact) mass is 233 g/mol. The predicted molar refractivity (Wildman–Crippen MR) is 68.8 cm³/mol. The first-order valence-electron chi connectivity index (χ1n) is 4.97. The van der Waals surface area contributed by atoms with Crippen LogP contribution in [0.25, 0.3) is 10.8 Å². The Hall–Kier alpha value is -1.67. The lowest BCUT2D eigenvalue weighted by molar-refractivity contribution is 0.363. The first kappa shape index (κ1) is 10.8. The van der Waals surface area contributed by atoms with Crippen LogP contribution in [0.4, 0.5) is 5.69 Å². The third-order valence-electron chi connectivity index (χ3n) is 2.32. The van der Waals surface area contributed by atoms with E-state index in [0.717, 1.165) is 22.2 Å². The van der Waals surface area contributed by atoms with E-state index >= 15 is 0 Å². The van der Waals surface area contributed by atoms with Crippen molar-refractivity contribution in [2.75, 3.05) is 12.3 Å². The molecule has 0 aliphatic rings. The largest absolute Gasteiger partial charge is 0.489 e. The molecule has 0 fully saturated rings. The molecule has 2 N–H and O–H groups in total. The van der Waals surface area contributed by atoms with Crippen molar-refractivity contribution >= 4 is 28.1 Å². The Bertz CT molecular complexity index is 522. The molecule has 0 saturated carbocycles. The minimum Gasteiger partial charge on any atom is -0.489 e. The van der Waals surface area contributed by atoms with Crippen LogP contribution < -0.4 is 10.5 Å². The van der Waals surface area contributed by atoms with Crippen molar-refractivity contribution in [1.82, 2.24) is 0 Å². The molecule has 2 aromatic carbocycles. The number of hydrogen-bond donors (Lipinski definition) is 1. The molecular weight excluding hydrogens is 222 g/mol. The van der Waals surface area contributed by atoms with Crippen molar-refractivity contribution in [1.29, 1.82) is 0 Å². The molecule has 16 heavy (non-hydrogen) atoms. The lowest BCUT2D eigenvalue weighted by Crippen LogP contribution is -1.93. The third kappa shape index (κ3) is 2.28. The van der Waals surface area contributed by atoms with Crippen LogP contribution in [-0.2, 0) is 0 Å². The van der Waals surface area contributed by atoms with Gasteiger partial charge in [0.25, 0.3) is 0 Å². The molecule has 0 aliphatic carbocycles. The van der Waals surface area contributed by atoms with Crippen molar-refractivity contribution in [3.8, 4) is 5.75 Å². The van der Waals surface area contributed by atoms with E-state index in [1.165, 1.54) is 5.54 Å². The number of anilines is 1. The summed E-state index contributed by atoms with van der Waals surface area (Å²) in [6.07, 6.45) is 1.74. The quantitative estimate of drug-likeness (QED) is 0.823. The molecule has 0 aliphatic heterocycles. The zero-order valence-electron chi connectivity index (χ0n) is 8.69. The lowest BCUT2D eigenvalue weighted by atomic mass is 10.1. The van der Waals surface area contributed by atoms with Crippen LogP contribution in [0, 0.1) is 0 Å². The smallest absolute Gasteiger partial charge is 0.120 e. The summed E-state index contributed by atoms with van der Waals surface area (Å²) < 4.78 is 5.48. The highest BCUT2D eigenvalue weighted by Crippen LogP contribution is 2.25. The van der Waals surface area contributed by atoms with Crippen molar-refractivity contribution in [3.05, 3.63) is 48.0 Å². The summed E-state index contributed by atoms with van der Waals surface area (Å²) in [5, 5.41) is 2.12. The Kier molecular flexibility index (Phi) is 3.32. The third-order valence-corrected chi connectivity index (χ3v) is 2.50. The highest BCUT2D eigenvalue weighted by atomic mass is 35.5. The number of nitrogens with two attached hydrogens (primary N) is 1. The number of nitrogen functional groups attached to an aromatic ring is 1. The fourth-order valence-corrected chi connectivity index (χ4v) is 1.62. The molecule has 0 atom stereocenters. The van der Waals surface area contributed by atoms with Crippen LogP contribution in [0.2, 0.25) is 0 Å². The maximum Gasteiger partial charge on any atom is 0.120 e. The van der Waals surface area contributed by atoms with E-state index in [1.807, 2.05) is 36.4 Å². The predicted octanol–water partition coefficient (Wildman–Crippen LogP) is 3.55. The van der Waals surface area contributed by atoms with Gasteiger partial charge in [-0.15, -0.1) is 0 Å². The minimum atomic E-state index is 0.460. The number of ether oxygens (including phenoxy) is 1. The van der Waals surface area contributed by atoms with Gasteiger partial charge < -0.3 is 10.5 Å². The van der Waals surface area contributed by atoms with Gasteiger partial charge in [0.15, 0.2) is 0 Å². The van der Waals surface area contributed by atoms with E-state index in [-0.39, 0.29) is 0 Å². The molecule has 0 saturated heterocycles. The van der Waals surface area contributed by atoms with Gasteiger partial charge in [0.2, 0.25) is 0 Å². The summed E-state index contributed by atoms with van der Waals surface area (Å²) in [6, 6.07) is 11.7. The Morgan fingerprint density at radius 3 is 2.94 bits per heavy atom. The Labute approximate surface area is 99.3 Å². The second kappa shape index (κ2) is 4.90. The molecule has 0 bridgehead atoms. The van der Waals surface area contributed by atoms with E-state index in [4.69, 9.17) is 22.1 Å². The van der Waals surface area contributed by atoms with Gasteiger partial charge in [0, 0.05) is 16.6 Å². The summed E-state index contributed by atoms with van der Waals surface area (Å²) >= 11 is 5.41. The molecule has 0 aromatic heterocycles. The van der Waals surface area contributed by atoms with Gasteiger partial charge in [-0.2, -0.15) is 0 Å². The zero-order valence-corrected chi connectivity index (χ0v) is 9.45. The molecule has 0 radical (unpaired) electrons. The lowest BCUT2D eigenvalue weighted by Gasteiger charge is -2.06. The van der Waals surface area contributed by atoms with Gasteiger partial charge in [-0.1, -0.05) is 29.8 Å². The first-order valence-corrected chi connectivity index (χ1v) is 5.41. The normalized spacial score (nSPS) is 11.1. The summed E-state index contributed by atoms with van der Waals surface area (Å²) in [6.45, 7) is 0.460. The van der Waals surface area contributed by atoms with Crippen LogP contribution in [-0.4, -0.2) is 6.61 Å². The highest BCUT2D eigenvalue weighted by molar-refractivity contribution is 6.25. The van der Waals surface area contributed by atoms with E-state index in [1.54, 1.807) is 6.08 Å². The van der Waals surface area contributed by atoms with Crippen LogP contribution in [0.15, 0.2) is 48.0 Å². The van der Waals surface area contributed by atoms with Gasteiger partial charge in [0.1, 0.15) is 12.4 Å². The number of hydrogen-bond acceptors (Lipinski definition) is 2. The molecule has 2 nitrogen and oxygen atoms in total. The average Bonchev–Trinajstić information content (AvgIpc) is 2.30. The highest BCUT2D eigenvalue weighted by Gasteiger charge is 1.99. The fraction of sp³-hybridized carbons (Fsp3) is 0.0769. The Balaban J connectivity index is 2.32. The molecule has 2 aromatic rings. The molecule has 3 heteroatoms. The van der Waals surface area contributed by atoms with Crippen molar-refractivity contribution < 1.29 is 4.74 Å². The minimum absolute atomic E-state index is 0.460. The molecule has 0 spiro atoms. The maximum absolute atomic E-state index is 5.89. The van der Waals surface area contributed by atoms with Crippen LogP contribution in [0.5, 0.6) is 5.75 Å². The van der Waals surface area contributed by atoms with Gasteiger partial charge in [-0.05, 0) is 29.7 Å². The van der Waals surface area contributed by atoms with Crippen LogP contribution in [0.3, 0.4) is 0 Å². The van der Waals surface area contributed by atoms with E-state index in [2.05, 4.69) is 0 Å². The van der Waals surface area contributed by atoms with E-state index in [9.17, 15) is 0 Å². The SMILES string of the molecule is Nc1cccc2ccc(OC/C=C\Cl)cc12. The standard InChI is InChI=1S/C13H12ClNO/c14-7-2-8-16-11-6-5-10-3-1-4-13(15)12(10)9-11/h1-7,9H,8,15H2/b7-2-. The molecular formula is C13H12ClNO. The second-order valence-electron chi connectivity index (χ2n) is 3.40. The number of fused-ring (bicyclic) bond motifs is 1. The Morgan fingerprint density at radius 2 is 2.12 bits per heavy atom.